The number of benzene rings is 10. The number of anilines is 1. The van der Waals surface area contributed by atoms with Gasteiger partial charge in [0.25, 0.3) is 0 Å². The summed E-state index contributed by atoms with van der Waals surface area (Å²) >= 11 is 2.42. The maximum absolute atomic E-state index is 7.52. The lowest BCUT2D eigenvalue weighted by Crippen LogP contribution is -2.00. The monoisotopic (exact) mass is 942 g/mol. The lowest BCUT2D eigenvalue weighted by Gasteiger charge is -2.18. The molecule has 65 heavy (non-hydrogen) atoms. The highest BCUT2D eigenvalue weighted by molar-refractivity contribution is 14.1. The Bertz CT molecular complexity index is 4110. The average Bonchev–Trinajstić information content (AvgIpc) is 3.87. The van der Waals surface area contributed by atoms with Crippen LogP contribution < -0.4 is 5.73 Å². The van der Waals surface area contributed by atoms with Gasteiger partial charge in [-0.2, -0.15) is 0 Å². The van der Waals surface area contributed by atoms with Crippen LogP contribution in [0.15, 0.2) is 206 Å². The number of hydrogen-bond acceptors (Lipinski definition) is 2. The molecular weight excluding hydrogens is 904 g/mol. The fourth-order valence-electron chi connectivity index (χ4n) is 10.5. The largest absolute Gasteiger partial charge is 0.396 e. The topological polar surface area (TPSA) is 48.8 Å². The molecule has 3 heterocycles. The summed E-state index contributed by atoms with van der Waals surface area (Å²) in [6.45, 7) is 0. The summed E-state index contributed by atoms with van der Waals surface area (Å²) in [5.74, 6) is 0. The van der Waals surface area contributed by atoms with Crippen LogP contribution in [0.2, 0.25) is 0 Å². The van der Waals surface area contributed by atoms with Gasteiger partial charge >= 0.3 is 0 Å². The second kappa shape index (κ2) is 14.9. The molecule has 0 bridgehead atoms. The second-order valence-corrected chi connectivity index (χ2v) is 17.8. The summed E-state index contributed by atoms with van der Waals surface area (Å²) in [5, 5.41) is 13.9. The maximum atomic E-state index is 7.52. The molecule has 4 nitrogen and oxygen atoms in total. The van der Waals surface area contributed by atoms with Gasteiger partial charge < -0.3 is 14.9 Å². The van der Waals surface area contributed by atoms with Gasteiger partial charge in [0.15, 0.2) is 0 Å². The minimum Gasteiger partial charge on any atom is -0.396 e. The van der Waals surface area contributed by atoms with E-state index in [4.69, 9.17) is 10.7 Å². The van der Waals surface area contributed by atoms with Gasteiger partial charge in [-0.15, -0.1) is 0 Å². The number of pyridine rings is 1. The maximum Gasteiger partial charge on any atom is 0.0969 e. The van der Waals surface area contributed by atoms with Crippen molar-refractivity contribution in [3.05, 3.63) is 212 Å². The zero-order valence-corrected chi connectivity index (χ0v) is 37.4. The Morgan fingerprint density at radius 1 is 0.446 bits per heavy atom. The van der Waals surface area contributed by atoms with Crippen LogP contribution in [0.25, 0.3) is 126 Å². The van der Waals surface area contributed by atoms with Gasteiger partial charge in [-0.1, -0.05) is 174 Å². The molecule has 0 aliphatic heterocycles. The molecule has 306 valence electrons. The summed E-state index contributed by atoms with van der Waals surface area (Å²) in [4.78, 5) is 5.18. The summed E-state index contributed by atoms with van der Waals surface area (Å²) in [6, 6.07) is 70.5. The van der Waals surface area contributed by atoms with E-state index in [-0.39, 0.29) is 0 Å². The van der Waals surface area contributed by atoms with E-state index < -0.39 is 0 Å². The number of nitrogens with two attached hydrogens (primary N) is 1. The Hall–Kier alpha value is -7.74. The van der Waals surface area contributed by atoms with Crippen molar-refractivity contribution in [1.29, 1.82) is 0 Å². The Kier molecular flexibility index (Phi) is 8.68. The molecule has 2 N–H and O–H groups in total. The fourth-order valence-corrected chi connectivity index (χ4v) is 10.8. The van der Waals surface area contributed by atoms with E-state index in [9.17, 15) is 0 Å². The summed E-state index contributed by atoms with van der Waals surface area (Å²) in [7, 11) is 0. The minimum absolute atomic E-state index is 0.773. The van der Waals surface area contributed by atoms with Crippen LogP contribution >= 0.6 is 22.6 Å². The van der Waals surface area contributed by atoms with Gasteiger partial charge in [0.05, 0.1) is 33.4 Å². The van der Waals surface area contributed by atoms with Gasteiger partial charge in [0.1, 0.15) is 0 Å². The predicted molar refractivity (Wildman–Crippen MR) is 286 cm³/mol. The number of aromatic nitrogens is 3. The Morgan fingerprint density at radius 2 is 0.923 bits per heavy atom. The lowest BCUT2D eigenvalue weighted by molar-refractivity contribution is 1.12. The third-order valence-electron chi connectivity index (χ3n) is 13.4. The first-order valence-corrected chi connectivity index (χ1v) is 23.6. The van der Waals surface area contributed by atoms with Crippen molar-refractivity contribution in [2.45, 2.75) is 0 Å². The van der Waals surface area contributed by atoms with Crippen LogP contribution in [0.5, 0.6) is 0 Å². The number of allylic oxidation sites excluding steroid dienone is 1. The number of hydrogen-bond donors (Lipinski definition) is 1. The first kappa shape index (κ1) is 37.8. The van der Waals surface area contributed by atoms with Crippen LogP contribution in [0.1, 0.15) is 5.69 Å². The van der Waals surface area contributed by atoms with E-state index in [0.29, 0.717) is 0 Å². The van der Waals surface area contributed by atoms with Crippen LogP contribution in [-0.4, -0.2) is 18.5 Å². The van der Waals surface area contributed by atoms with E-state index in [0.717, 1.165) is 76.2 Å². The Labute approximate surface area is 388 Å². The number of halogens is 1. The molecule has 0 aliphatic rings. The molecule has 13 aromatic rings. The van der Waals surface area contributed by atoms with Crippen LogP contribution in [-0.2, 0) is 0 Å². The molecule has 13 rings (SSSR count). The summed E-state index contributed by atoms with van der Waals surface area (Å²) in [5.41, 5.74) is 20.5. The lowest BCUT2D eigenvalue weighted by atomic mass is 9.91. The quantitative estimate of drug-likeness (QED) is 0.103. The zero-order valence-electron chi connectivity index (χ0n) is 35.2. The molecule has 3 aromatic heterocycles. The van der Waals surface area contributed by atoms with Crippen LogP contribution in [0, 0.1) is 0 Å². The first-order valence-electron chi connectivity index (χ1n) is 22.0. The highest BCUT2D eigenvalue weighted by atomic mass is 127. The van der Waals surface area contributed by atoms with Gasteiger partial charge in [-0.05, 0) is 120 Å². The highest BCUT2D eigenvalue weighted by Crippen LogP contribution is 2.50. The van der Waals surface area contributed by atoms with E-state index in [1.54, 1.807) is 0 Å². The first-order chi connectivity index (χ1) is 32.1. The third-order valence-corrected chi connectivity index (χ3v) is 13.9. The van der Waals surface area contributed by atoms with E-state index >= 15 is 0 Å². The molecule has 0 amide bonds. The molecular formula is C60H39IN4. The van der Waals surface area contributed by atoms with E-state index in [2.05, 4.69) is 238 Å². The molecule has 0 radical (unpaired) electrons. The summed E-state index contributed by atoms with van der Waals surface area (Å²) < 4.78 is 5.75. The SMILES string of the molecule is Nc1c(/C=C\CI)n(-c2ccc3cc(-c4ccccc4)ccc3c2)c2c1c1ccccc1c1c2c2ccccc2c2c3ncccc3n(-c3ccc4cc(-c5ccccc5)ccc4c3)c21. The molecule has 5 heteroatoms. The van der Waals surface area contributed by atoms with Crippen LogP contribution in [0.4, 0.5) is 5.69 Å². The van der Waals surface area contributed by atoms with Crippen molar-refractivity contribution in [2.75, 3.05) is 10.2 Å². The summed E-state index contributed by atoms with van der Waals surface area (Å²) in [6.07, 6.45) is 6.35. The number of rotatable bonds is 6. The second-order valence-electron chi connectivity index (χ2n) is 16.9. The number of alkyl halides is 1. The molecule has 0 fully saturated rings. The van der Waals surface area contributed by atoms with E-state index in [1.165, 1.54) is 60.0 Å². The fraction of sp³-hybridized carbons (Fsp3) is 0.0167. The van der Waals surface area contributed by atoms with Crippen molar-refractivity contribution >= 4 is 121 Å². The van der Waals surface area contributed by atoms with Crippen LogP contribution in [0.3, 0.4) is 0 Å². The van der Waals surface area contributed by atoms with Gasteiger partial charge in [0, 0.05) is 43.5 Å². The predicted octanol–water partition coefficient (Wildman–Crippen LogP) is 16.3. The Balaban J connectivity index is 1.18. The molecule has 10 aromatic carbocycles. The number of nitrogens with zero attached hydrogens (tertiary/aromatic N) is 3. The average molecular weight is 943 g/mol. The molecule has 0 saturated heterocycles. The number of nitrogen functional groups attached to an aromatic ring is 1. The third kappa shape index (κ3) is 5.78. The molecule has 0 unspecified atom stereocenters. The van der Waals surface area contributed by atoms with Crippen molar-refractivity contribution in [3.63, 3.8) is 0 Å². The number of fused-ring (bicyclic) bond motifs is 15. The normalized spacial score (nSPS) is 12.1. The molecule has 0 saturated carbocycles. The smallest absolute Gasteiger partial charge is 0.0969 e. The van der Waals surface area contributed by atoms with Crippen molar-refractivity contribution < 1.29 is 0 Å². The zero-order chi connectivity index (χ0) is 43.2. The standard InChI is InChI=1S/C60H39IN4/c61-31-11-21-51-57(62)55-49-19-9-7-17-47(49)54-53(59(55)64(51)45-29-27-41-33-39(23-25-43(41)35-45)37-13-3-1-4-14-37)48-18-8-10-20-50(48)56-58-52(22-12-32-63-58)65(60(54)56)46-30-28-42-34-40(24-26-44(42)36-46)38-15-5-2-6-16-38/h1-30,32-36H,31,62H2/b21-11-. The highest BCUT2D eigenvalue weighted by Gasteiger charge is 2.27. The molecule has 0 spiro atoms. The van der Waals surface area contributed by atoms with Gasteiger partial charge in [0.2, 0.25) is 0 Å². The van der Waals surface area contributed by atoms with E-state index in [1.807, 2.05) is 6.20 Å². The van der Waals surface area contributed by atoms with Crippen molar-refractivity contribution in [2.24, 2.45) is 0 Å². The minimum atomic E-state index is 0.773. The Morgan fingerprint density at radius 3 is 1.49 bits per heavy atom. The molecule has 0 atom stereocenters. The van der Waals surface area contributed by atoms with Crippen molar-refractivity contribution in [1.82, 2.24) is 14.1 Å². The molecule has 0 aliphatic carbocycles. The van der Waals surface area contributed by atoms with Gasteiger partial charge in [-0.25, -0.2) is 0 Å². The van der Waals surface area contributed by atoms with Gasteiger partial charge in [-0.3, -0.25) is 4.98 Å². The van der Waals surface area contributed by atoms with Crippen molar-refractivity contribution in [3.8, 4) is 33.6 Å².